The Labute approximate surface area is 103 Å². The van der Waals surface area contributed by atoms with Crippen molar-refractivity contribution in [3.63, 3.8) is 0 Å². The molecule has 0 radical (unpaired) electrons. The van der Waals surface area contributed by atoms with Crippen LogP contribution >= 0.6 is 12.4 Å². The molecule has 0 unspecified atom stereocenters. The zero-order chi connectivity index (χ0) is 10.7. The molecule has 1 atom stereocenters. The van der Waals surface area contributed by atoms with Gasteiger partial charge in [-0.1, -0.05) is 24.3 Å². The van der Waals surface area contributed by atoms with Crippen LogP contribution in [-0.4, -0.2) is 35.7 Å². The van der Waals surface area contributed by atoms with E-state index in [0.717, 1.165) is 19.5 Å². The summed E-state index contributed by atoms with van der Waals surface area (Å²) in [6.07, 6.45) is 0.684. The van der Waals surface area contributed by atoms with Gasteiger partial charge in [0.2, 0.25) is 0 Å². The third-order valence-corrected chi connectivity index (χ3v) is 2.95. The Morgan fingerprint density at radius 2 is 2.00 bits per heavy atom. The van der Waals surface area contributed by atoms with Gasteiger partial charge in [-0.2, -0.15) is 0 Å². The van der Waals surface area contributed by atoms with Crippen molar-refractivity contribution in [1.82, 2.24) is 4.90 Å². The van der Waals surface area contributed by atoms with Gasteiger partial charge in [0.25, 0.3) is 0 Å². The number of benzene rings is 1. The van der Waals surface area contributed by atoms with Gasteiger partial charge in [-0.15, -0.1) is 12.4 Å². The number of rotatable bonds is 3. The van der Waals surface area contributed by atoms with Crippen LogP contribution in [0, 0.1) is 0 Å². The minimum absolute atomic E-state index is 0. The van der Waals surface area contributed by atoms with Crippen LogP contribution in [0.25, 0.3) is 0 Å². The molecule has 0 amide bonds. The van der Waals surface area contributed by atoms with Crippen LogP contribution in [0.15, 0.2) is 24.3 Å². The summed E-state index contributed by atoms with van der Waals surface area (Å²) in [5.41, 5.74) is 8.23. The van der Waals surface area contributed by atoms with Crippen LogP contribution in [0.5, 0.6) is 0 Å². The van der Waals surface area contributed by atoms with Crippen LogP contribution in [0.1, 0.15) is 11.1 Å². The first-order chi connectivity index (χ1) is 7.29. The molecule has 1 aliphatic rings. The fraction of sp³-hybridized carbons (Fsp3) is 0.500. The highest BCUT2D eigenvalue weighted by molar-refractivity contribution is 5.85. The predicted octanol–water partition coefficient (Wildman–Crippen LogP) is 0.786. The van der Waals surface area contributed by atoms with Crippen LogP contribution < -0.4 is 5.73 Å². The van der Waals surface area contributed by atoms with E-state index in [1.54, 1.807) is 0 Å². The Balaban J connectivity index is 0.00000128. The zero-order valence-electron chi connectivity index (χ0n) is 9.30. The van der Waals surface area contributed by atoms with E-state index in [9.17, 15) is 5.11 Å². The van der Waals surface area contributed by atoms with Crippen LogP contribution in [0.2, 0.25) is 0 Å². The molecule has 16 heavy (non-hydrogen) atoms. The Morgan fingerprint density at radius 1 is 1.31 bits per heavy atom. The summed E-state index contributed by atoms with van der Waals surface area (Å²) in [5, 5.41) is 9.49. The fourth-order valence-electron chi connectivity index (χ4n) is 2.08. The second-order valence-corrected chi connectivity index (χ2v) is 4.14. The summed E-state index contributed by atoms with van der Waals surface area (Å²) in [7, 11) is 0. The minimum atomic E-state index is -0.393. The maximum atomic E-state index is 9.49. The highest BCUT2D eigenvalue weighted by Gasteiger charge is 2.17. The monoisotopic (exact) mass is 242 g/mol. The van der Waals surface area contributed by atoms with Crippen molar-refractivity contribution in [2.24, 2.45) is 5.73 Å². The molecule has 0 aliphatic carbocycles. The van der Waals surface area contributed by atoms with Crippen molar-refractivity contribution < 1.29 is 5.11 Å². The average molecular weight is 243 g/mol. The second kappa shape index (κ2) is 6.21. The van der Waals surface area contributed by atoms with Crippen molar-refractivity contribution >= 4 is 12.4 Å². The van der Waals surface area contributed by atoms with Gasteiger partial charge in [0.15, 0.2) is 0 Å². The molecule has 0 saturated heterocycles. The molecule has 90 valence electrons. The first-order valence-electron chi connectivity index (χ1n) is 5.47. The predicted molar refractivity (Wildman–Crippen MR) is 67.7 cm³/mol. The molecule has 0 saturated carbocycles. The number of nitrogens with two attached hydrogens (primary N) is 1. The summed E-state index contributed by atoms with van der Waals surface area (Å²) in [5.74, 6) is 0. The maximum Gasteiger partial charge on any atom is 0.0789 e. The van der Waals surface area contributed by atoms with E-state index in [4.69, 9.17) is 5.73 Å². The number of hydrogen-bond donors (Lipinski definition) is 2. The molecular weight excluding hydrogens is 224 g/mol. The van der Waals surface area contributed by atoms with E-state index in [0.29, 0.717) is 13.1 Å². The van der Waals surface area contributed by atoms with Gasteiger partial charge in [0, 0.05) is 26.2 Å². The van der Waals surface area contributed by atoms with Crippen molar-refractivity contribution in [2.75, 3.05) is 19.6 Å². The summed E-state index contributed by atoms with van der Waals surface area (Å²) < 4.78 is 0. The van der Waals surface area contributed by atoms with Gasteiger partial charge in [0.05, 0.1) is 6.10 Å². The van der Waals surface area contributed by atoms with Gasteiger partial charge in [-0.05, 0) is 17.5 Å². The molecule has 1 heterocycles. The molecule has 1 aromatic rings. The number of hydrogen-bond acceptors (Lipinski definition) is 3. The van der Waals surface area contributed by atoms with E-state index in [1.807, 2.05) is 0 Å². The first kappa shape index (κ1) is 13.5. The zero-order valence-corrected chi connectivity index (χ0v) is 10.1. The minimum Gasteiger partial charge on any atom is -0.390 e. The SMILES string of the molecule is Cl.NC[C@H](O)CN1CCc2ccccc2C1. The lowest BCUT2D eigenvalue weighted by molar-refractivity contribution is 0.111. The van der Waals surface area contributed by atoms with Gasteiger partial charge < -0.3 is 10.8 Å². The highest BCUT2D eigenvalue weighted by atomic mass is 35.5. The normalized spacial score (nSPS) is 17.4. The lowest BCUT2D eigenvalue weighted by atomic mass is 10.00. The summed E-state index contributed by atoms with van der Waals surface area (Å²) in [4.78, 5) is 2.26. The Kier molecular flexibility index (Phi) is 5.22. The largest absolute Gasteiger partial charge is 0.390 e. The number of nitrogens with zero attached hydrogens (tertiary/aromatic N) is 1. The Hall–Kier alpha value is -0.610. The molecule has 2 rings (SSSR count). The number of aliphatic hydroxyl groups excluding tert-OH is 1. The average Bonchev–Trinajstić information content (AvgIpc) is 2.29. The molecule has 0 bridgehead atoms. The van der Waals surface area contributed by atoms with Crippen LogP contribution in [0.4, 0.5) is 0 Å². The topological polar surface area (TPSA) is 49.5 Å². The molecule has 0 fully saturated rings. The van der Waals surface area contributed by atoms with Crippen molar-refractivity contribution in [1.29, 1.82) is 0 Å². The molecule has 1 aliphatic heterocycles. The number of β-amino-alcohol motifs (C(OH)–C–C–N with tert-alkyl or cyclic N) is 1. The molecule has 3 nitrogen and oxygen atoms in total. The van der Waals surface area contributed by atoms with Crippen molar-refractivity contribution in [3.05, 3.63) is 35.4 Å². The van der Waals surface area contributed by atoms with Gasteiger partial charge >= 0.3 is 0 Å². The highest BCUT2D eigenvalue weighted by Crippen LogP contribution is 2.18. The Bertz CT molecular complexity index is 333. The molecule has 0 spiro atoms. The van der Waals surface area contributed by atoms with Gasteiger partial charge in [-0.25, -0.2) is 0 Å². The Morgan fingerprint density at radius 3 is 2.69 bits per heavy atom. The lowest BCUT2D eigenvalue weighted by Crippen LogP contribution is -2.39. The number of fused-ring (bicyclic) bond motifs is 1. The third kappa shape index (κ3) is 3.19. The molecule has 1 aromatic carbocycles. The second-order valence-electron chi connectivity index (χ2n) is 4.14. The lowest BCUT2D eigenvalue weighted by Gasteiger charge is -2.29. The van der Waals surface area contributed by atoms with E-state index in [-0.39, 0.29) is 12.4 Å². The van der Waals surface area contributed by atoms with E-state index in [1.165, 1.54) is 11.1 Å². The van der Waals surface area contributed by atoms with E-state index >= 15 is 0 Å². The van der Waals surface area contributed by atoms with Crippen molar-refractivity contribution in [2.45, 2.75) is 19.1 Å². The first-order valence-corrected chi connectivity index (χ1v) is 5.47. The maximum absolute atomic E-state index is 9.49. The van der Waals surface area contributed by atoms with Crippen molar-refractivity contribution in [3.8, 4) is 0 Å². The molecule has 0 aromatic heterocycles. The third-order valence-electron chi connectivity index (χ3n) is 2.95. The number of aliphatic hydroxyl groups is 1. The summed E-state index contributed by atoms with van der Waals surface area (Å²) in [6, 6.07) is 8.51. The standard InChI is InChI=1S/C12H18N2O.ClH/c13-7-12(15)9-14-6-5-10-3-1-2-4-11(10)8-14;/h1-4,12,15H,5-9,13H2;1H/t12-;/m0./s1. The fourth-order valence-corrected chi connectivity index (χ4v) is 2.08. The quantitative estimate of drug-likeness (QED) is 0.824. The summed E-state index contributed by atoms with van der Waals surface area (Å²) in [6.45, 7) is 2.99. The van der Waals surface area contributed by atoms with Crippen LogP contribution in [0.3, 0.4) is 0 Å². The molecule has 3 N–H and O–H groups in total. The smallest absolute Gasteiger partial charge is 0.0789 e. The van der Waals surface area contributed by atoms with E-state index < -0.39 is 6.10 Å². The van der Waals surface area contributed by atoms with Gasteiger partial charge in [0.1, 0.15) is 0 Å². The van der Waals surface area contributed by atoms with E-state index in [2.05, 4.69) is 29.2 Å². The molecule has 4 heteroatoms. The number of halogens is 1. The van der Waals surface area contributed by atoms with Gasteiger partial charge in [-0.3, -0.25) is 4.90 Å². The molecular formula is C12H19ClN2O. The summed E-state index contributed by atoms with van der Waals surface area (Å²) >= 11 is 0. The van der Waals surface area contributed by atoms with Crippen LogP contribution in [-0.2, 0) is 13.0 Å².